The summed E-state index contributed by atoms with van der Waals surface area (Å²) in [5.41, 5.74) is -2.20. The summed E-state index contributed by atoms with van der Waals surface area (Å²) in [5.74, 6) is -1.21. The Bertz CT molecular complexity index is 540. The molecule has 2 rings (SSSR count). The van der Waals surface area contributed by atoms with Crippen LogP contribution in [-0.4, -0.2) is 61.3 Å². The van der Waals surface area contributed by atoms with Crippen LogP contribution in [-0.2, 0) is 19.4 Å². The van der Waals surface area contributed by atoms with Crippen molar-refractivity contribution in [3.8, 4) is 0 Å². The van der Waals surface area contributed by atoms with E-state index in [0.717, 1.165) is 0 Å². The highest BCUT2D eigenvalue weighted by molar-refractivity contribution is 7.91. The van der Waals surface area contributed by atoms with Crippen LogP contribution in [0.5, 0.6) is 0 Å². The number of carbonyl (C=O) groups is 2. The van der Waals surface area contributed by atoms with Crippen molar-refractivity contribution in [3.05, 3.63) is 0 Å². The lowest BCUT2D eigenvalue weighted by Crippen LogP contribution is -2.62. The molecule has 21 heavy (non-hydrogen) atoms. The van der Waals surface area contributed by atoms with E-state index in [1.165, 1.54) is 0 Å². The maximum absolute atomic E-state index is 12.1. The maximum Gasteiger partial charge on any atom is 0.329 e. The molecule has 2 aliphatic rings. The summed E-state index contributed by atoms with van der Waals surface area (Å²) in [7, 11) is -3.14. The number of ether oxygens (including phenoxy) is 1. The number of hydrogen-bond acceptors (Lipinski definition) is 5. The molecular weight excluding hydrogens is 300 g/mol. The van der Waals surface area contributed by atoms with Crippen LogP contribution in [0.1, 0.15) is 26.2 Å². The topological polar surface area (TPSA) is 122 Å². The number of urea groups is 1. The highest BCUT2D eigenvalue weighted by atomic mass is 32.2. The molecule has 1 unspecified atom stereocenters. The zero-order valence-electron chi connectivity index (χ0n) is 11.8. The van der Waals surface area contributed by atoms with Gasteiger partial charge in [-0.2, -0.15) is 0 Å². The van der Waals surface area contributed by atoms with E-state index in [9.17, 15) is 23.1 Å². The molecule has 2 fully saturated rings. The third-order valence-corrected chi connectivity index (χ3v) is 5.93. The van der Waals surface area contributed by atoms with Gasteiger partial charge in [-0.05, 0) is 13.3 Å². The monoisotopic (exact) mass is 320 g/mol. The van der Waals surface area contributed by atoms with Gasteiger partial charge in [-0.25, -0.2) is 18.0 Å². The van der Waals surface area contributed by atoms with Gasteiger partial charge in [-0.1, -0.05) is 0 Å². The number of rotatable bonds is 3. The molecule has 3 N–H and O–H groups in total. The van der Waals surface area contributed by atoms with E-state index in [-0.39, 0.29) is 37.6 Å². The van der Waals surface area contributed by atoms with Crippen molar-refractivity contribution in [3.63, 3.8) is 0 Å². The molecule has 120 valence electrons. The lowest BCUT2D eigenvalue weighted by Gasteiger charge is -2.35. The van der Waals surface area contributed by atoms with Crippen molar-refractivity contribution in [1.29, 1.82) is 0 Å². The third kappa shape index (κ3) is 3.65. The number of nitrogens with one attached hydrogen (secondary N) is 2. The Morgan fingerprint density at radius 3 is 2.24 bits per heavy atom. The van der Waals surface area contributed by atoms with E-state index in [0.29, 0.717) is 6.42 Å². The molecule has 0 aromatic carbocycles. The fourth-order valence-electron chi connectivity index (χ4n) is 2.74. The zero-order chi connectivity index (χ0) is 15.7. The van der Waals surface area contributed by atoms with Crippen molar-refractivity contribution in [2.24, 2.45) is 0 Å². The standard InChI is InChI=1S/C12H20N2O6S/c1-11(4-7-21(18,19)8-11)13-10(17)14-12(9(15)16)2-5-20-6-3-12/h2-8H2,1H3,(H,15,16)(H2,13,14,17). The van der Waals surface area contributed by atoms with E-state index >= 15 is 0 Å². The van der Waals surface area contributed by atoms with Crippen molar-refractivity contribution in [1.82, 2.24) is 10.6 Å². The van der Waals surface area contributed by atoms with Gasteiger partial charge >= 0.3 is 12.0 Å². The van der Waals surface area contributed by atoms with Crippen LogP contribution in [0.2, 0.25) is 0 Å². The number of carboxylic acid groups (broad SMARTS) is 1. The maximum atomic E-state index is 12.1. The first kappa shape index (κ1) is 16.0. The third-order valence-electron chi connectivity index (χ3n) is 4.03. The first-order chi connectivity index (χ1) is 9.67. The molecule has 8 nitrogen and oxygen atoms in total. The van der Waals surface area contributed by atoms with Gasteiger partial charge in [0.25, 0.3) is 0 Å². The number of carboxylic acids is 1. The number of sulfone groups is 1. The van der Waals surface area contributed by atoms with Crippen molar-refractivity contribution in [2.75, 3.05) is 24.7 Å². The van der Waals surface area contributed by atoms with Gasteiger partial charge in [0.05, 0.1) is 17.0 Å². The lowest BCUT2D eigenvalue weighted by atomic mass is 9.90. The number of carbonyl (C=O) groups excluding carboxylic acids is 1. The van der Waals surface area contributed by atoms with Gasteiger partial charge in [0.15, 0.2) is 9.84 Å². The van der Waals surface area contributed by atoms with E-state index in [2.05, 4.69) is 10.6 Å². The van der Waals surface area contributed by atoms with Gasteiger partial charge in [0.2, 0.25) is 0 Å². The molecule has 0 aliphatic carbocycles. The van der Waals surface area contributed by atoms with Crippen LogP contribution in [0.3, 0.4) is 0 Å². The molecular formula is C12H20N2O6S. The molecule has 0 aromatic heterocycles. The fraction of sp³-hybridized carbons (Fsp3) is 0.833. The molecule has 1 atom stereocenters. The van der Waals surface area contributed by atoms with Crippen molar-refractivity contribution >= 4 is 21.8 Å². The normalized spacial score (nSPS) is 30.5. The summed E-state index contributed by atoms with van der Waals surface area (Å²) in [6.45, 7) is 2.17. The molecule has 0 aromatic rings. The van der Waals surface area contributed by atoms with Crippen LogP contribution in [0.4, 0.5) is 4.79 Å². The van der Waals surface area contributed by atoms with Crippen LogP contribution in [0.15, 0.2) is 0 Å². The molecule has 2 heterocycles. The minimum absolute atomic E-state index is 0.0295. The Morgan fingerprint density at radius 1 is 1.14 bits per heavy atom. The number of aliphatic carboxylic acids is 1. The van der Waals surface area contributed by atoms with Gasteiger partial charge < -0.3 is 20.5 Å². The summed E-state index contributed by atoms with van der Waals surface area (Å²) in [4.78, 5) is 23.5. The first-order valence-corrected chi connectivity index (χ1v) is 8.61. The molecule has 9 heteroatoms. The first-order valence-electron chi connectivity index (χ1n) is 6.78. The Kier molecular flexibility index (Phi) is 4.16. The minimum atomic E-state index is -3.14. The van der Waals surface area contributed by atoms with E-state index in [4.69, 9.17) is 4.74 Å². The molecule has 2 aliphatic heterocycles. The van der Waals surface area contributed by atoms with Crippen LogP contribution >= 0.6 is 0 Å². The smallest absolute Gasteiger partial charge is 0.329 e. The minimum Gasteiger partial charge on any atom is -0.480 e. The summed E-state index contributed by atoms with van der Waals surface area (Å²) >= 11 is 0. The Morgan fingerprint density at radius 2 is 1.76 bits per heavy atom. The van der Waals surface area contributed by atoms with Crippen LogP contribution in [0, 0.1) is 0 Å². The second-order valence-corrected chi connectivity index (χ2v) is 8.17. The Balaban J connectivity index is 2.02. The quantitative estimate of drug-likeness (QED) is 0.644. The van der Waals surface area contributed by atoms with Crippen molar-refractivity contribution in [2.45, 2.75) is 37.3 Å². The summed E-state index contributed by atoms with van der Waals surface area (Å²) in [6.07, 6.45) is 0.696. The second-order valence-electron chi connectivity index (χ2n) is 5.98. The van der Waals surface area contributed by atoms with Gasteiger partial charge in [-0.3, -0.25) is 0 Å². The SMILES string of the molecule is CC1(NC(=O)NC2(C(=O)O)CCOCC2)CCS(=O)(=O)C1. The Labute approximate surface area is 123 Å². The van der Waals surface area contributed by atoms with E-state index in [1.807, 2.05) is 0 Å². The number of amides is 2. The molecule has 0 bridgehead atoms. The van der Waals surface area contributed by atoms with Crippen LogP contribution < -0.4 is 10.6 Å². The van der Waals surface area contributed by atoms with Crippen LogP contribution in [0.25, 0.3) is 0 Å². The molecule has 2 amide bonds. The second kappa shape index (κ2) is 5.45. The predicted octanol–water partition coefficient (Wildman–Crippen LogP) is -0.503. The van der Waals surface area contributed by atoms with Gasteiger partial charge in [0.1, 0.15) is 5.54 Å². The van der Waals surface area contributed by atoms with Gasteiger partial charge in [0, 0.05) is 26.1 Å². The zero-order valence-corrected chi connectivity index (χ0v) is 12.7. The highest BCUT2D eigenvalue weighted by Crippen LogP contribution is 2.24. The van der Waals surface area contributed by atoms with Crippen molar-refractivity contribution < 1.29 is 27.9 Å². The predicted molar refractivity (Wildman–Crippen MR) is 73.8 cm³/mol. The summed E-state index contributed by atoms with van der Waals surface area (Å²) in [5, 5.41) is 14.4. The number of hydrogen-bond donors (Lipinski definition) is 3. The molecule has 0 spiro atoms. The molecule has 0 saturated carbocycles. The fourth-order valence-corrected chi connectivity index (χ4v) is 4.84. The van der Waals surface area contributed by atoms with E-state index < -0.39 is 32.9 Å². The average molecular weight is 320 g/mol. The summed E-state index contributed by atoms with van der Waals surface area (Å²) < 4.78 is 28.1. The summed E-state index contributed by atoms with van der Waals surface area (Å²) in [6, 6.07) is -0.654. The molecule has 0 radical (unpaired) electrons. The largest absolute Gasteiger partial charge is 0.480 e. The average Bonchev–Trinajstić information content (AvgIpc) is 2.63. The van der Waals surface area contributed by atoms with Gasteiger partial charge in [-0.15, -0.1) is 0 Å². The lowest BCUT2D eigenvalue weighted by molar-refractivity contribution is -0.148. The Hall–Kier alpha value is -1.35. The molecule has 2 saturated heterocycles. The van der Waals surface area contributed by atoms with E-state index in [1.54, 1.807) is 6.92 Å². The highest BCUT2D eigenvalue weighted by Gasteiger charge is 2.44.